The first-order valence-corrected chi connectivity index (χ1v) is 6.97. The number of nitrogens with one attached hydrogen (secondary N) is 1. The van der Waals surface area contributed by atoms with Crippen LogP contribution < -0.4 is 11.1 Å². The summed E-state index contributed by atoms with van der Waals surface area (Å²) in [4.78, 5) is 12.3. The summed E-state index contributed by atoms with van der Waals surface area (Å²) in [5.74, 6) is -1.44. The Hall–Kier alpha value is -1.77. The number of halogens is 2. The summed E-state index contributed by atoms with van der Waals surface area (Å²) in [7, 11) is 0. The predicted octanol–water partition coefficient (Wildman–Crippen LogP) is 0.147. The summed E-state index contributed by atoms with van der Waals surface area (Å²) in [6, 6.07) is 1.50. The van der Waals surface area contributed by atoms with E-state index in [9.17, 15) is 18.7 Å². The molecule has 1 aromatic carbocycles. The molecule has 1 aromatic rings. The van der Waals surface area contributed by atoms with Gasteiger partial charge in [-0.1, -0.05) is 0 Å². The monoisotopic (exact) mass is 315 g/mol. The Morgan fingerprint density at radius 2 is 2.05 bits per heavy atom. The first-order valence-electron chi connectivity index (χ1n) is 6.97. The Kier molecular flexibility index (Phi) is 5.28. The van der Waals surface area contributed by atoms with Gasteiger partial charge in [-0.05, 0) is 24.1 Å². The van der Waals surface area contributed by atoms with Crippen molar-refractivity contribution in [2.24, 2.45) is 5.73 Å². The number of nitrogens with two attached hydrogens (primary N) is 1. The third kappa shape index (κ3) is 3.90. The number of carbonyl (C=O) groups is 1. The maximum absolute atomic E-state index is 13.2. The number of carboxylic acid groups (broad SMARTS) is 1. The summed E-state index contributed by atoms with van der Waals surface area (Å²) in [6.45, 7) is 1.02. The average molecular weight is 315 g/mol. The van der Waals surface area contributed by atoms with Crippen molar-refractivity contribution in [3.8, 4) is 0 Å². The fourth-order valence-corrected chi connectivity index (χ4v) is 2.68. The lowest BCUT2D eigenvalue weighted by atomic mass is 9.95. The molecule has 1 amide bonds. The molecule has 0 radical (unpaired) electrons. The van der Waals surface area contributed by atoms with Crippen LogP contribution in [0.3, 0.4) is 0 Å². The number of hydrogen-bond donors (Lipinski definition) is 4. The van der Waals surface area contributed by atoms with Crippen molar-refractivity contribution in [1.29, 1.82) is 0 Å². The Bertz CT molecular complexity index is 524. The van der Waals surface area contributed by atoms with Gasteiger partial charge in [0.2, 0.25) is 0 Å². The van der Waals surface area contributed by atoms with Gasteiger partial charge in [0.15, 0.2) is 0 Å². The van der Waals surface area contributed by atoms with Crippen molar-refractivity contribution in [2.75, 3.05) is 19.6 Å². The normalized spacial score (nSPS) is 21.5. The van der Waals surface area contributed by atoms with Gasteiger partial charge in [0.1, 0.15) is 11.6 Å². The second-order valence-corrected chi connectivity index (χ2v) is 5.38. The van der Waals surface area contributed by atoms with Crippen molar-refractivity contribution in [2.45, 2.75) is 24.6 Å². The summed E-state index contributed by atoms with van der Waals surface area (Å²) >= 11 is 0. The Morgan fingerprint density at radius 1 is 1.41 bits per heavy atom. The highest BCUT2D eigenvalue weighted by Gasteiger charge is 2.35. The first kappa shape index (κ1) is 16.6. The molecule has 2 rings (SSSR count). The van der Waals surface area contributed by atoms with Crippen LogP contribution in [-0.2, 0) is 6.42 Å². The van der Waals surface area contributed by atoms with Crippen LogP contribution in [-0.4, -0.2) is 59.0 Å². The van der Waals surface area contributed by atoms with E-state index in [1.807, 2.05) is 0 Å². The molecule has 1 saturated heterocycles. The smallest absolute Gasteiger partial charge is 0.407 e. The molecule has 0 saturated carbocycles. The molecule has 22 heavy (non-hydrogen) atoms. The zero-order chi connectivity index (χ0) is 16.3. The van der Waals surface area contributed by atoms with E-state index in [2.05, 4.69) is 5.32 Å². The number of hydrogen-bond acceptors (Lipinski definition) is 4. The number of benzene rings is 1. The van der Waals surface area contributed by atoms with Crippen LogP contribution in [0.1, 0.15) is 5.56 Å². The second kappa shape index (κ2) is 6.99. The van der Waals surface area contributed by atoms with Crippen LogP contribution in [0.5, 0.6) is 0 Å². The van der Waals surface area contributed by atoms with Crippen LogP contribution in [0.4, 0.5) is 13.6 Å². The molecular formula is C14H19F2N3O3. The molecule has 1 fully saturated rings. The van der Waals surface area contributed by atoms with Crippen LogP contribution in [0.2, 0.25) is 0 Å². The van der Waals surface area contributed by atoms with Crippen LogP contribution in [0.15, 0.2) is 18.2 Å². The van der Waals surface area contributed by atoms with E-state index in [-0.39, 0.29) is 19.5 Å². The largest absolute Gasteiger partial charge is 0.465 e. The topological polar surface area (TPSA) is 98.8 Å². The Labute approximate surface area is 126 Å². The van der Waals surface area contributed by atoms with Gasteiger partial charge in [-0.2, -0.15) is 0 Å². The van der Waals surface area contributed by atoms with Crippen LogP contribution in [0, 0.1) is 11.6 Å². The van der Waals surface area contributed by atoms with Crippen molar-refractivity contribution in [1.82, 2.24) is 10.2 Å². The van der Waals surface area contributed by atoms with Crippen molar-refractivity contribution in [3.05, 3.63) is 35.4 Å². The van der Waals surface area contributed by atoms with E-state index < -0.39 is 35.9 Å². The quantitative estimate of drug-likeness (QED) is 0.634. The number of nitrogens with zero attached hydrogens (tertiary/aromatic N) is 1. The first-order chi connectivity index (χ1) is 10.4. The van der Waals surface area contributed by atoms with Crippen LogP contribution in [0.25, 0.3) is 0 Å². The Balaban J connectivity index is 2.07. The molecule has 0 unspecified atom stereocenters. The molecule has 1 aliphatic rings. The average Bonchev–Trinajstić information content (AvgIpc) is 2.45. The minimum atomic E-state index is -1.14. The molecular weight excluding hydrogens is 296 g/mol. The highest BCUT2D eigenvalue weighted by molar-refractivity contribution is 5.65. The standard InChI is InChI=1S/C14H19F2N3O3/c15-9-3-8(4-10(16)6-9)5-11(17)13(20)12-7-18-1-2-19(12)14(21)22/h3-4,6,11-13,18,20H,1-2,5,7,17H2,(H,21,22)/t11-,12-,13+/m1/s1. The molecule has 0 bridgehead atoms. The molecule has 0 aliphatic carbocycles. The molecule has 1 aliphatic heterocycles. The van der Waals surface area contributed by atoms with Gasteiger partial charge in [-0.25, -0.2) is 13.6 Å². The van der Waals surface area contributed by atoms with Crippen molar-refractivity contribution in [3.63, 3.8) is 0 Å². The summed E-state index contributed by atoms with van der Waals surface area (Å²) in [5, 5.41) is 22.5. The lowest BCUT2D eigenvalue weighted by Gasteiger charge is -2.38. The van der Waals surface area contributed by atoms with E-state index in [1.54, 1.807) is 0 Å². The van der Waals surface area contributed by atoms with Gasteiger partial charge in [0.25, 0.3) is 0 Å². The van der Waals surface area contributed by atoms with Crippen molar-refractivity contribution < 1.29 is 23.8 Å². The van der Waals surface area contributed by atoms with E-state index in [4.69, 9.17) is 10.8 Å². The van der Waals surface area contributed by atoms with Gasteiger partial charge in [-0.15, -0.1) is 0 Å². The molecule has 5 N–H and O–H groups in total. The number of amides is 1. The third-order valence-electron chi connectivity index (χ3n) is 3.76. The second-order valence-electron chi connectivity index (χ2n) is 5.38. The van der Waals surface area contributed by atoms with Gasteiger partial charge >= 0.3 is 6.09 Å². The molecule has 6 nitrogen and oxygen atoms in total. The van der Waals surface area contributed by atoms with Gasteiger partial charge in [0.05, 0.1) is 12.1 Å². The molecule has 3 atom stereocenters. The van der Waals surface area contributed by atoms with Gasteiger partial charge < -0.3 is 26.2 Å². The molecule has 122 valence electrons. The third-order valence-corrected chi connectivity index (χ3v) is 3.76. The summed E-state index contributed by atoms with van der Waals surface area (Å²) in [5.41, 5.74) is 6.21. The lowest BCUT2D eigenvalue weighted by Crippen LogP contribution is -2.61. The molecule has 0 spiro atoms. The maximum Gasteiger partial charge on any atom is 0.407 e. The Morgan fingerprint density at radius 3 is 2.64 bits per heavy atom. The minimum absolute atomic E-state index is 0.0415. The maximum atomic E-state index is 13.2. The van der Waals surface area contributed by atoms with Crippen LogP contribution >= 0.6 is 0 Å². The van der Waals surface area contributed by atoms with E-state index in [0.717, 1.165) is 23.1 Å². The zero-order valence-corrected chi connectivity index (χ0v) is 11.9. The number of rotatable bonds is 4. The van der Waals surface area contributed by atoms with Gasteiger partial charge in [-0.3, -0.25) is 0 Å². The molecule has 1 heterocycles. The van der Waals surface area contributed by atoms with Gasteiger partial charge in [0, 0.05) is 31.7 Å². The van der Waals surface area contributed by atoms with E-state index >= 15 is 0 Å². The minimum Gasteiger partial charge on any atom is -0.465 e. The molecule has 8 heteroatoms. The SMILES string of the molecule is N[C@H](Cc1cc(F)cc(F)c1)[C@H](O)[C@H]1CNCCN1C(=O)O. The lowest BCUT2D eigenvalue weighted by molar-refractivity contribution is 0.0234. The summed E-state index contributed by atoms with van der Waals surface area (Å²) in [6.07, 6.45) is -2.23. The highest BCUT2D eigenvalue weighted by Crippen LogP contribution is 2.15. The highest BCUT2D eigenvalue weighted by atomic mass is 19.1. The fourth-order valence-electron chi connectivity index (χ4n) is 2.68. The van der Waals surface area contributed by atoms with Crippen molar-refractivity contribution >= 4 is 6.09 Å². The number of aliphatic hydroxyl groups is 1. The fraction of sp³-hybridized carbons (Fsp3) is 0.500. The number of piperazine rings is 1. The zero-order valence-electron chi connectivity index (χ0n) is 11.9. The predicted molar refractivity (Wildman–Crippen MR) is 75.4 cm³/mol. The van der Waals surface area contributed by atoms with E-state index in [1.165, 1.54) is 0 Å². The summed E-state index contributed by atoms with van der Waals surface area (Å²) < 4.78 is 26.3. The molecule has 0 aromatic heterocycles. The number of aliphatic hydroxyl groups excluding tert-OH is 1. The van der Waals surface area contributed by atoms with E-state index in [0.29, 0.717) is 12.1 Å².